The molecule has 22 heavy (non-hydrogen) atoms. The molecule has 0 saturated carbocycles. The Morgan fingerprint density at radius 1 is 1.36 bits per heavy atom. The van der Waals surface area contributed by atoms with Gasteiger partial charge in [-0.2, -0.15) is 0 Å². The van der Waals surface area contributed by atoms with Gasteiger partial charge < -0.3 is 9.47 Å². The average molecular weight is 386 g/mol. The minimum Gasteiger partial charge on any atom is -0.492 e. The van der Waals surface area contributed by atoms with Gasteiger partial charge in [0, 0.05) is 5.56 Å². The van der Waals surface area contributed by atoms with Crippen molar-refractivity contribution < 1.29 is 14.3 Å². The SMILES string of the molecule is CCOc1cc(C(=O)Nc2nnc(CC)s2)cc(Br)c1OC. The Labute approximate surface area is 141 Å². The molecule has 0 radical (unpaired) electrons. The van der Waals surface area contributed by atoms with Gasteiger partial charge in [0.2, 0.25) is 5.13 Å². The normalized spacial score (nSPS) is 10.4. The molecule has 1 aromatic carbocycles. The van der Waals surface area contributed by atoms with Crippen molar-refractivity contribution in [3.63, 3.8) is 0 Å². The first-order chi connectivity index (χ1) is 10.6. The first-order valence-corrected chi connectivity index (χ1v) is 8.34. The highest BCUT2D eigenvalue weighted by Gasteiger charge is 2.16. The molecule has 6 nitrogen and oxygen atoms in total. The third kappa shape index (κ3) is 3.75. The Kier molecular flexibility index (Phi) is 5.73. The summed E-state index contributed by atoms with van der Waals surface area (Å²) in [7, 11) is 1.55. The predicted molar refractivity (Wildman–Crippen MR) is 89.1 cm³/mol. The summed E-state index contributed by atoms with van der Waals surface area (Å²) >= 11 is 4.75. The molecule has 0 atom stereocenters. The van der Waals surface area contributed by atoms with Crippen LogP contribution in [-0.4, -0.2) is 29.8 Å². The van der Waals surface area contributed by atoms with Crippen LogP contribution in [-0.2, 0) is 6.42 Å². The van der Waals surface area contributed by atoms with Crippen LogP contribution in [0.25, 0.3) is 0 Å². The standard InChI is InChI=1S/C14H16BrN3O3S/c1-4-11-17-18-14(22-11)16-13(19)8-6-9(15)12(20-3)10(7-8)21-5-2/h6-7H,4-5H2,1-3H3,(H,16,18,19). The quantitative estimate of drug-likeness (QED) is 0.823. The van der Waals surface area contributed by atoms with Gasteiger partial charge in [-0.1, -0.05) is 18.3 Å². The molecule has 8 heteroatoms. The highest BCUT2D eigenvalue weighted by molar-refractivity contribution is 9.10. The lowest BCUT2D eigenvalue weighted by Crippen LogP contribution is -2.12. The topological polar surface area (TPSA) is 73.3 Å². The Morgan fingerprint density at radius 2 is 2.14 bits per heavy atom. The summed E-state index contributed by atoms with van der Waals surface area (Å²) in [5.74, 6) is 0.793. The molecule has 2 aromatic rings. The fourth-order valence-corrected chi connectivity index (χ4v) is 3.05. The number of aromatic nitrogens is 2. The molecule has 0 saturated heterocycles. The van der Waals surface area contributed by atoms with Gasteiger partial charge in [0.25, 0.3) is 5.91 Å². The molecule has 0 aliphatic rings. The van der Waals surface area contributed by atoms with E-state index in [4.69, 9.17) is 9.47 Å². The molecular weight excluding hydrogens is 370 g/mol. The summed E-state index contributed by atoms with van der Waals surface area (Å²) in [5, 5.41) is 12.0. The number of ether oxygens (including phenoxy) is 2. The third-order valence-electron chi connectivity index (χ3n) is 2.77. The lowest BCUT2D eigenvalue weighted by Gasteiger charge is -2.12. The van der Waals surface area contributed by atoms with Gasteiger partial charge in [0.1, 0.15) is 5.01 Å². The first-order valence-electron chi connectivity index (χ1n) is 6.73. The lowest BCUT2D eigenvalue weighted by molar-refractivity contribution is 0.102. The van der Waals surface area contributed by atoms with E-state index in [1.54, 1.807) is 19.2 Å². The second kappa shape index (κ2) is 7.55. The fraction of sp³-hybridized carbons (Fsp3) is 0.357. The highest BCUT2D eigenvalue weighted by atomic mass is 79.9. The maximum absolute atomic E-state index is 12.3. The van der Waals surface area contributed by atoms with Crippen LogP contribution in [0, 0.1) is 0 Å². The minimum atomic E-state index is -0.275. The fourth-order valence-electron chi connectivity index (χ4n) is 1.78. The van der Waals surface area contributed by atoms with E-state index in [0.717, 1.165) is 11.4 Å². The van der Waals surface area contributed by atoms with Crippen LogP contribution in [0.2, 0.25) is 0 Å². The van der Waals surface area contributed by atoms with Crippen molar-refractivity contribution in [1.29, 1.82) is 0 Å². The van der Waals surface area contributed by atoms with Crippen molar-refractivity contribution in [2.24, 2.45) is 0 Å². The molecule has 0 unspecified atom stereocenters. The average Bonchev–Trinajstić information content (AvgIpc) is 2.95. The molecule has 1 N–H and O–H groups in total. The molecule has 118 valence electrons. The number of hydrogen-bond donors (Lipinski definition) is 1. The molecule has 1 amide bonds. The van der Waals surface area contributed by atoms with Crippen molar-refractivity contribution >= 4 is 38.3 Å². The van der Waals surface area contributed by atoms with E-state index in [1.165, 1.54) is 11.3 Å². The highest BCUT2D eigenvalue weighted by Crippen LogP contribution is 2.36. The molecule has 0 aliphatic heterocycles. The maximum atomic E-state index is 12.3. The van der Waals surface area contributed by atoms with Gasteiger partial charge in [-0.25, -0.2) is 0 Å². The van der Waals surface area contributed by atoms with Crippen molar-refractivity contribution in [2.45, 2.75) is 20.3 Å². The van der Waals surface area contributed by atoms with Crippen LogP contribution < -0.4 is 14.8 Å². The zero-order valence-electron chi connectivity index (χ0n) is 12.5. The van der Waals surface area contributed by atoms with Crippen LogP contribution in [0.1, 0.15) is 29.2 Å². The van der Waals surface area contributed by atoms with Gasteiger partial charge >= 0.3 is 0 Å². The number of hydrogen-bond acceptors (Lipinski definition) is 6. The van der Waals surface area contributed by atoms with Crippen LogP contribution in [0.4, 0.5) is 5.13 Å². The Balaban J connectivity index is 2.25. The van der Waals surface area contributed by atoms with Crippen molar-refractivity contribution in [3.05, 3.63) is 27.2 Å². The number of amides is 1. The van der Waals surface area contributed by atoms with E-state index in [0.29, 0.717) is 33.3 Å². The van der Waals surface area contributed by atoms with E-state index in [9.17, 15) is 4.79 Å². The molecule has 0 fully saturated rings. The Morgan fingerprint density at radius 3 is 2.73 bits per heavy atom. The second-order valence-corrected chi connectivity index (χ2v) is 6.15. The number of carbonyl (C=O) groups excluding carboxylic acids is 1. The molecule has 0 bridgehead atoms. The van der Waals surface area contributed by atoms with E-state index in [-0.39, 0.29) is 5.91 Å². The number of anilines is 1. The van der Waals surface area contributed by atoms with Gasteiger partial charge in [0.15, 0.2) is 11.5 Å². The largest absolute Gasteiger partial charge is 0.492 e. The van der Waals surface area contributed by atoms with Gasteiger partial charge in [-0.05, 0) is 41.4 Å². The first kappa shape index (κ1) is 16.7. The van der Waals surface area contributed by atoms with E-state index < -0.39 is 0 Å². The zero-order valence-corrected chi connectivity index (χ0v) is 14.9. The number of rotatable bonds is 6. The van der Waals surface area contributed by atoms with Crippen LogP contribution in [0.5, 0.6) is 11.5 Å². The van der Waals surface area contributed by atoms with Crippen molar-refractivity contribution in [1.82, 2.24) is 10.2 Å². The number of nitrogens with zero attached hydrogens (tertiary/aromatic N) is 2. The van der Waals surface area contributed by atoms with Crippen LogP contribution >= 0.6 is 27.3 Å². The summed E-state index contributed by atoms with van der Waals surface area (Å²) in [4.78, 5) is 12.3. The number of carbonyl (C=O) groups is 1. The number of methoxy groups -OCH3 is 1. The molecular formula is C14H16BrN3O3S. The second-order valence-electron chi connectivity index (χ2n) is 4.23. The monoisotopic (exact) mass is 385 g/mol. The summed E-state index contributed by atoms with van der Waals surface area (Å²) in [6.07, 6.45) is 0.788. The van der Waals surface area contributed by atoms with Crippen molar-refractivity contribution in [3.8, 4) is 11.5 Å². The smallest absolute Gasteiger partial charge is 0.257 e. The van der Waals surface area contributed by atoms with E-state index in [1.807, 2.05) is 13.8 Å². The van der Waals surface area contributed by atoms with E-state index >= 15 is 0 Å². The third-order valence-corrected chi connectivity index (χ3v) is 4.34. The molecule has 1 heterocycles. The van der Waals surface area contributed by atoms with Gasteiger partial charge in [-0.3, -0.25) is 10.1 Å². The molecule has 1 aromatic heterocycles. The summed E-state index contributed by atoms with van der Waals surface area (Å²) in [6.45, 7) is 4.33. The van der Waals surface area contributed by atoms with E-state index in [2.05, 4.69) is 31.4 Å². The maximum Gasteiger partial charge on any atom is 0.257 e. The Hall–Kier alpha value is -1.67. The van der Waals surface area contributed by atoms with Crippen LogP contribution in [0.3, 0.4) is 0 Å². The zero-order chi connectivity index (χ0) is 16.1. The number of halogens is 1. The molecule has 2 rings (SSSR count). The number of aryl methyl sites for hydroxylation is 1. The Bertz CT molecular complexity index is 675. The summed E-state index contributed by atoms with van der Waals surface area (Å²) in [5.41, 5.74) is 0.448. The van der Waals surface area contributed by atoms with Crippen LogP contribution in [0.15, 0.2) is 16.6 Å². The van der Waals surface area contributed by atoms with Gasteiger partial charge in [-0.15, -0.1) is 10.2 Å². The summed E-state index contributed by atoms with van der Waals surface area (Å²) < 4.78 is 11.4. The minimum absolute atomic E-state index is 0.275. The lowest BCUT2D eigenvalue weighted by atomic mass is 10.2. The van der Waals surface area contributed by atoms with Crippen molar-refractivity contribution in [2.75, 3.05) is 19.0 Å². The number of benzene rings is 1. The number of nitrogens with one attached hydrogen (secondary N) is 1. The summed E-state index contributed by atoms with van der Waals surface area (Å²) in [6, 6.07) is 3.32. The molecule has 0 spiro atoms. The predicted octanol–water partition coefficient (Wildman–Crippen LogP) is 3.52. The molecule has 0 aliphatic carbocycles. The van der Waals surface area contributed by atoms with Gasteiger partial charge in [0.05, 0.1) is 18.2 Å².